The smallest absolute Gasteiger partial charge is 0.406 e. The largest absolute Gasteiger partial charge is 0.573 e. The van der Waals surface area contributed by atoms with Gasteiger partial charge < -0.3 is 15.3 Å². The molecule has 7 heteroatoms. The Labute approximate surface area is 196 Å². The van der Waals surface area contributed by atoms with E-state index in [1.165, 1.54) is 12.1 Å². The minimum atomic E-state index is -4.73. The number of carbonyl (C=O) groups is 1. The van der Waals surface area contributed by atoms with Crippen LogP contribution in [0.1, 0.15) is 45.5 Å². The van der Waals surface area contributed by atoms with Crippen LogP contribution in [0.3, 0.4) is 0 Å². The molecule has 0 bridgehead atoms. The predicted molar refractivity (Wildman–Crippen MR) is 125 cm³/mol. The summed E-state index contributed by atoms with van der Waals surface area (Å²) < 4.78 is 41.1. The van der Waals surface area contributed by atoms with Crippen molar-refractivity contribution >= 4 is 12.4 Å². The van der Waals surface area contributed by atoms with Crippen molar-refractivity contribution in [2.24, 2.45) is 5.73 Å². The zero-order valence-corrected chi connectivity index (χ0v) is 18.6. The number of benzene rings is 3. The van der Waals surface area contributed by atoms with Gasteiger partial charge in [-0.25, -0.2) is 0 Å². The summed E-state index contributed by atoms with van der Waals surface area (Å²) in [6.45, 7) is 2.93. The monoisotopic (exact) mass is 466 g/mol. The lowest BCUT2D eigenvalue weighted by atomic mass is 9.94. The Bertz CT molecular complexity index is 1170. The van der Waals surface area contributed by atoms with Gasteiger partial charge in [0.25, 0.3) is 0 Å². The highest BCUT2D eigenvalue weighted by molar-refractivity contribution is 5.66. The number of aryl methyl sites for hydroxylation is 1. The average Bonchev–Trinajstić information content (AvgIpc) is 3.16. The number of rotatable bonds is 7. The molecule has 2 unspecified atom stereocenters. The van der Waals surface area contributed by atoms with E-state index >= 15 is 0 Å². The fourth-order valence-corrected chi connectivity index (χ4v) is 4.38. The number of carbonyl (C=O) groups excluding carboxylic acids is 1. The molecule has 0 spiro atoms. The maximum Gasteiger partial charge on any atom is 0.573 e. The van der Waals surface area contributed by atoms with E-state index in [0.29, 0.717) is 13.1 Å². The van der Waals surface area contributed by atoms with E-state index in [9.17, 15) is 18.0 Å². The Morgan fingerprint density at radius 1 is 1.12 bits per heavy atom. The molecule has 0 aromatic heterocycles. The van der Waals surface area contributed by atoms with E-state index in [4.69, 9.17) is 5.73 Å². The number of nitrogens with zero attached hydrogens (tertiary/aromatic N) is 1. The number of hydrogen-bond acceptors (Lipinski definition) is 4. The lowest BCUT2D eigenvalue weighted by Gasteiger charge is -2.21. The molecule has 4 rings (SSSR count). The molecule has 0 saturated carbocycles. The van der Waals surface area contributed by atoms with Crippen LogP contribution in [0.4, 0.5) is 13.2 Å². The number of nitrogens with two attached hydrogens (primary N) is 1. The molecule has 1 aliphatic rings. The summed E-state index contributed by atoms with van der Waals surface area (Å²) >= 11 is 0. The summed E-state index contributed by atoms with van der Waals surface area (Å²) in [6.07, 6.45) is 0.118. The summed E-state index contributed by atoms with van der Waals surface area (Å²) in [5, 5.41) is 0. The summed E-state index contributed by atoms with van der Waals surface area (Å²) in [5.41, 5.74) is 12.2. The van der Waals surface area contributed by atoms with E-state index in [1.54, 1.807) is 12.1 Å². The van der Waals surface area contributed by atoms with Crippen LogP contribution < -0.4 is 10.5 Å². The third-order valence-electron chi connectivity index (χ3n) is 5.91. The molecule has 4 nitrogen and oxygen atoms in total. The van der Waals surface area contributed by atoms with Crippen LogP contribution in [-0.4, -0.2) is 17.5 Å². The third-order valence-corrected chi connectivity index (χ3v) is 5.91. The van der Waals surface area contributed by atoms with Gasteiger partial charge in [-0.2, -0.15) is 0 Å². The fraction of sp³-hybridized carbons (Fsp3) is 0.222. The highest BCUT2D eigenvalue weighted by Gasteiger charge is 2.33. The van der Waals surface area contributed by atoms with E-state index in [2.05, 4.69) is 4.74 Å². The van der Waals surface area contributed by atoms with Gasteiger partial charge in [-0.15, -0.1) is 13.2 Å². The second-order valence-electron chi connectivity index (χ2n) is 8.38. The zero-order valence-electron chi connectivity index (χ0n) is 18.6. The highest BCUT2D eigenvalue weighted by Crippen LogP contribution is 2.37. The van der Waals surface area contributed by atoms with Gasteiger partial charge in [0.15, 0.2) is 0 Å². The summed E-state index contributed by atoms with van der Waals surface area (Å²) in [4.78, 5) is 14.0. The van der Waals surface area contributed by atoms with Gasteiger partial charge in [-0.05, 0) is 52.4 Å². The van der Waals surface area contributed by atoms with Crippen LogP contribution in [-0.2, 0) is 17.9 Å². The Hall–Kier alpha value is -3.42. The van der Waals surface area contributed by atoms with Crippen LogP contribution >= 0.6 is 0 Å². The molecule has 3 aromatic carbocycles. The van der Waals surface area contributed by atoms with Crippen molar-refractivity contribution < 1.29 is 22.7 Å². The van der Waals surface area contributed by atoms with Gasteiger partial charge >= 0.3 is 6.36 Å². The van der Waals surface area contributed by atoms with Gasteiger partial charge in [-0.1, -0.05) is 66.7 Å². The lowest BCUT2D eigenvalue weighted by Crippen LogP contribution is -2.23. The Morgan fingerprint density at radius 2 is 1.82 bits per heavy atom. The molecule has 3 aromatic rings. The first-order valence-electron chi connectivity index (χ1n) is 10.9. The maximum atomic E-state index is 12.4. The molecule has 1 heterocycles. The summed E-state index contributed by atoms with van der Waals surface area (Å²) in [5.74, 6) is -0.272. The Kier molecular flexibility index (Phi) is 6.86. The van der Waals surface area contributed by atoms with Crippen LogP contribution in [0.5, 0.6) is 5.75 Å². The first-order chi connectivity index (χ1) is 16.2. The lowest BCUT2D eigenvalue weighted by molar-refractivity contribution is -0.274. The van der Waals surface area contributed by atoms with Crippen molar-refractivity contribution in [2.75, 3.05) is 0 Å². The second kappa shape index (κ2) is 9.83. The predicted octanol–water partition coefficient (Wildman–Crippen LogP) is 5.86. The SMILES string of the molecule is Cc1cc(C(N)C=Cc2ccccc2)cc2c1C(C=O)N(Cc1ccc(OC(F)(F)F)cc1)C2. The normalized spacial score (nSPS) is 17.0. The number of fused-ring (bicyclic) bond motifs is 1. The molecular weight excluding hydrogens is 441 g/mol. The van der Waals surface area contributed by atoms with Crippen molar-refractivity contribution in [3.05, 3.63) is 106 Å². The van der Waals surface area contributed by atoms with Gasteiger partial charge in [0.2, 0.25) is 0 Å². The molecule has 0 aliphatic carbocycles. The highest BCUT2D eigenvalue weighted by atomic mass is 19.4. The standard InChI is InChI=1S/C27H25F3N2O2/c1-18-13-21(24(31)12-9-19-5-3-2-4-6-19)14-22-16-32(25(17-33)26(18)22)15-20-7-10-23(11-8-20)34-27(28,29)30/h2-14,17,24-25H,15-16,31H2,1H3. The fourth-order valence-electron chi connectivity index (χ4n) is 4.38. The molecule has 0 saturated heterocycles. The van der Waals surface area contributed by atoms with Crippen LogP contribution in [0.15, 0.2) is 72.8 Å². The Balaban J connectivity index is 1.51. The number of hydrogen-bond donors (Lipinski definition) is 1. The van der Waals surface area contributed by atoms with Crippen molar-refractivity contribution in [1.82, 2.24) is 4.90 Å². The minimum Gasteiger partial charge on any atom is -0.406 e. The molecule has 0 amide bonds. The molecule has 176 valence electrons. The first-order valence-corrected chi connectivity index (χ1v) is 10.9. The van der Waals surface area contributed by atoms with E-state index in [-0.39, 0.29) is 11.8 Å². The van der Waals surface area contributed by atoms with Crippen molar-refractivity contribution in [2.45, 2.75) is 38.5 Å². The van der Waals surface area contributed by atoms with Crippen LogP contribution in [0.25, 0.3) is 6.08 Å². The quantitative estimate of drug-likeness (QED) is 0.443. The van der Waals surface area contributed by atoms with E-state index in [1.807, 2.05) is 66.4 Å². The molecule has 1 aliphatic heterocycles. The zero-order chi connectivity index (χ0) is 24.3. The second-order valence-corrected chi connectivity index (χ2v) is 8.38. The molecule has 0 fully saturated rings. The van der Waals surface area contributed by atoms with E-state index < -0.39 is 12.4 Å². The number of ether oxygens (including phenoxy) is 1. The van der Waals surface area contributed by atoms with Crippen LogP contribution in [0, 0.1) is 6.92 Å². The molecule has 2 N–H and O–H groups in total. The topological polar surface area (TPSA) is 55.6 Å². The van der Waals surface area contributed by atoms with Gasteiger partial charge in [-0.3, -0.25) is 4.90 Å². The van der Waals surface area contributed by atoms with Gasteiger partial charge in [0.1, 0.15) is 12.0 Å². The average molecular weight is 467 g/mol. The number of halogens is 3. The molecule has 34 heavy (non-hydrogen) atoms. The van der Waals surface area contributed by atoms with E-state index in [0.717, 1.165) is 39.7 Å². The van der Waals surface area contributed by atoms with Gasteiger partial charge in [0.05, 0.1) is 6.04 Å². The number of alkyl halides is 3. The van der Waals surface area contributed by atoms with Crippen molar-refractivity contribution in [3.63, 3.8) is 0 Å². The minimum absolute atomic E-state index is 0.272. The Morgan fingerprint density at radius 3 is 2.47 bits per heavy atom. The maximum absolute atomic E-state index is 12.4. The third kappa shape index (κ3) is 5.55. The van der Waals surface area contributed by atoms with Crippen molar-refractivity contribution in [1.29, 1.82) is 0 Å². The van der Waals surface area contributed by atoms with Gasteiger partial charge in [0, 0.05) is 19.1 Å². The summed E-state index contributed by atoms with van der Waals surface area (Å²) in [6, 6.07) is 19.0. The van der Waals surface area contributed by atoms with Crippen molar-refractivity contribution in [3.8, 4) is 5.75 Å². The molecule has 0 radical (unpaired) electrons. The van der Waals surface area contributed by atoms with Crippen LogP contribution in [0.2, 0.25) is 0 Å². The summed E-state index contributed by atoms with van der Waals surface area (Å²) in [7, 11) is 0. The molecule has 2 atom stereocenters. The first kappa shape index (κ1) is 23.7. The number of aldehydes is 1. The molecular formula is C27H25F3N2O2.